The highest BCUT2D eigenvalue weighted by atomic mass is 16.5. The summed E-state index contributed by atoms with van der Waals surface area (Å²) >= 11 is 0. The molecule has 20 heavy (non-hydrogen) atoms. The van der Waals surface area contributed by atoms with E-state index in [0.717, 1.165) is 18.4 Å². The van der Waals surface area contributed by atoms with Gasteiger partial charge in [-0.2, -0.15) is 0 Å². The normalized spacial score (nSPS) is 20.1. The second kappa shape index (κ2) is 7.00. The maximum atomic E-state index is 12.0. The van der Waals surface area contributed by atoms with Gasteiger partial charge in [-0.1, -0.05) is 0 Å². The summed E-state index contributed by atoms with van der Waals surface area (Å²) in [5, 5.41) is 11.8. The molecule has 108 valence electrons. The summed E-state index contributed by atoms with van der Waals surface area (Å²) in [6, 6.07) is 2.52. The number of hydrogen-bond donors (Lipinski definition) is 2. The number of carboxylic acids is 1. The van der Waals surface area contributed by atoms with Crippen LogP contribution in [-0.4, -0.2) is 40.7 Å². The van der Waals surface area contributed by atoms with Crippen LogP contribution in [0.25, 0.3) is 0 Å². The van der Waals surface area contributed by atoms with Crippen LogP contribution in [0.1, 0.15) is 24.8 Å². The minimum atomic E-state index is -1.05. The molecule has 0 bridgehead atoms. The number of hydrogen-bond acceptors (Lipinski definition) is 4. The van der Waals surface area contributed by atoms with E-state index in [1.165, 1.54) is 0 Å². The molecule has 2 rings (SSSR count). The lowest BCUT2D eigenvalue weighted by atomic mass is 10.1. The minimum absolute atomic E-state index is 0.232. The number of rotatable bonds is 5. The van der Waals surface area contributed by atoms with E-state index in [0.29, 0.717) is 13.0 Å². The number of aliphatic carboxylic acids is 1. The van der Waals surface area contributed by atoms with Gasteiger partial charge in [-0.15, -0.1) is 0 Å². The van der Waals surface area contributed by atoms with E-state index >= 15 is 0 Å². The first-order valence-corrected chi connectivity index (χ1v) is 6.70. The first kappa shape index (κ1) is 14.5. The molecule has 1 aliphatic heterocycles. The maximum absolute atomic E-state index is 12.0. The van der Waals surface area contributed by atoms with E-state index < -0.39 is 18.1 Å². The summed E-state index contributed by atoms with van der Waals surface area (Å²) in [7, 11) is 0. The van der Waals surface area contributed by atoms with Crippen molar-refractivity contribution in [1.82, 2.24) is 10.3 Å². The highest BCUT2D eigenvalue weighted by Crippen LogP contribution is 2.13. The first-order chi connectivity index (χ1) is 9.66. The Kier molecular flexibility index (Phi) is 5.06. The van der Waals surface area contributed by atoms with Crippen LogP contribution in [0.15, 0.2) is 24.5 Å². The lowest BCUT2D eigenvalue weighted by Gasteiger charge is -2.23. The van der Waals surface area contributed by atoms with E-state index in [4.69, 9.17) is 4.74 Å². The van der Waals surface area contributed by atoms with Crippen LogP contribution in [0.3, 0.4) is 0 Å². The Hall–Kier alpha value is -1.95. The molecule has 2 heterocycles. The number of carboxylic acid groups (broad SMARTS) is 1. The average molecular weight is 278 g/mol. The topological polar surface area (TPSA) is 88.5 Å². The van der Waals surface area contributed by atoms with Gasteiger partial charge in [0.05, 0.1) is 0 Å². The molecule has 6 nitrogen and oxygen atoms in total. The van der Waals surface area contributed by atoms with Crippen LogP contribution in [0, 0.1) is 0 Å². The molecule has 6 heteroatoms. The average Bonchev–Trinajstić information content (AvgIpc) is 2.48. The van der Waals surface area contributed by atoms with Crippen molar-refractivity contribution < 1.29 is 19.4 Å². The van der Waals surface area contributed by atoms with E-state index in [9.17, 15) is 14.7 Å². The Bertz CT molecular complexity index is 458. The summed E-state index contributed by atoms with van der Waals surface area (Å²) < 4.78 is 5.36. The van der Waals surface area contributed by atoms with Crippen molar-refractivity contribution in [2.45, 2.75) is 37.8 Å². The van der Waals surface area contributed by atoms with Gasteiger partial charge in [-0.25, -0.2) is 4.79 Å². The largest absolute Gasteiger partial charge is 0.480 e. The zero-order valence-corrected chi connectivity index (χ0v) is 11.1. The highest BCUT2D eigenvalue weighted by molar-refractivity contribution is 5.86. The van der Waals surface area contributed by atoms with Crippen LogP contribution in [0.5, 0.6) is 0 Å². The van der Waals surface area contributed by atoms with Crippen LogP contribution >= 0.6 is 0 Å². The Morgan fingerprint density at radius 2 is 2.15 bits per heavy atom. The Labute approximate surface area is 117 Å². The molecule has 0 radical (unpaired) electrons. The molecule has 2 unspecified atom stereocenters. The van der Waals surface area contributed by atoms with Crippen molar-refractivity contribution in [2.75, 3.05) is 6.61 Å². The summed E-state index contributed by atoms with van der Waals surface area (Å²) in [4.78, 5) is 27.1. The van der Waals surface area contributed by atoms with Gasteiger partial charge in [0, 0.05) is 25.4 Å². The second-order valence-corrected chi connectivity index (χ2v) is 4.81. The van der Waals surface area contributed by atoms with Gasteiger partial charge in [0.15, 0.2) is 0 Å². The predicted octanol–water partition coefficient (Wildman–Crippen LogP) is 0.763. The molecule has 1 saturated heterocycles. The lowest BCUT2D eigenvalue weighted by Crippen LogP contribution is -2.48. The Balaban J connectivity index is 1.95. The molecule has 0 aromatic carbocycles. The van der Waals surface area contributed by atoms with Crippen molar-refractivity contribution in [3.63, 3.8) is 0 Å². The molecule has 2 N–H and O–H groups in total. The SMILES string of the molecule is O=C(O)C(Cc1ccncc1)NC(=O)C1CCCCO1. The van der Waals surface area contributed by atoms with Crippen LogP contribution in [0.4, 0.5) is 0 Å². The second-order valence-electron chi connectivity index (χ2n) is 4.81. The zero-order valence-electron chi connectivity index (χ0n) is 11.1. The molecular weight excluding hydrogens is 260 g/mol. The highest BCUT2D eigenvalue weighted by Gasteiger charge is 2.27. The van der Waals surface area contributed by atoms with Crippen molar-refractivity contribution >= 4 is 11.9 Å². The Morgan fingerprint density at radius 1 is 1.40 bits per heavy atom. The quantitative estimate of drug-likeness (QED) is 0.830. The van der Waals surface area contributed by atoms with Gasteiger partial charge >= 0.3 is 5.97 Å². The smallest absolute Gasteiger partial charge is 0.326 e. The molecule has 1 fully saturated rings. The number of aromatic nitrogens is 1. The summed E-state index contributed by atoms with van der Waals surface area (Å²) in [5.41, 5.74) is 0.817. The fourth-order valence-electron chi connectivity index (χ4n) is 2.17. The molecular formula is C14H18N2O4. The number of carbonyl (C=O) groups is 2. The van der Waals surface area contributed by atoms with Crippen LogP contribution in [-0.2, 0) is 20.7 Å². The zero-order chi connectivity index (χ0) is 14.4. The number of nitrogens with zero attached hydrogens (tertiary/aromatic N) is 1. The number of carbonyl (C=O) groups excluding carboxylic acids is 1. The molecule has 1 amide bonds. The van der Waals surface area contributed by atoms with Crippen molar-refractivity contribution in [3.05, 3.63) is 30.1 Å². The van der Waals surface area contributed by atoms with Crippen molar-refractivity contribution in [1.29, 1.82) is 0 Å². The fraction of sp³-hybridized carbons (Fsp3) is 0.500. The molecule has 1 aromatic rings. The molecule has 1 aliphatic rings. The monoisotopic (exact) mass is 278 g/mol. The predicted molar refractivity (Wildman–Crippen MR) is 71.1 cm³/mol. The summed E-state index contributed by atoms with van der Waals surface area (Å²) in [5.74, 6) is -1.39. The molecule has 1 aromatic heterocycles. The maximum Gasteiger partial charge on any atom is 0.326 e. The third-order valence-electron chi connectivity index (χ3n) is 3.28. The summed E-state index contributed by atoms with van der Waals surface area (Å²) in [6.45, 7) is 0.556. The lowest BCUT2D eigenvalue weighted by molar-refractivity contribution is -0.145. The molecule has 0 aliphatic carbocycles. The third kappa shape index (κ3) is 4.03. The number of nitrogens with one attached hydrogen (secondary N) is 1. The number of ether oxygens (including phenoxy) is 1. The Morgan fingerprint density at radius 3 is 2.75 bits per heavy atom. The molecule has 2 atom stereocenters. The molecule has 0 saturated carbocycles. The van der Waals surface area contributed by atoms with Gasteiger partial charge in [-0.05, 0) is 37.0 Å². The van der Waals surface area contributed by atoms with Gasteiger partial charge in [0.1, 0.15) is 12.1 Å². The third-order valence-corrected chi connectivity index (χ3v) is 3.28. The van der Waals surface area contributed by atoms with Gasteiger partial charge < -0.3 is 15.2 Å². The van der Waals surface area contributed by atoms with E-state index in [1.54, 1.807) is 24.5 Å². The first-order valence-electron chi connectivity index (χ1n) is 6.70. The van der Waals surface area contributed by atoms with Crippen molar-refractivity contribution in [3.8, 4) is 0 Å². The van der Waals surface area contributed by atoms with E-state index in [2.05, 4.69) is 10.3 Å². The number of pyridine rings is 1. The van der Waals surface area contributed by atoms with Crippen LogP contribution < -0.4 is 5.32 Å². The number of amides is 1. The van der Waals surface area contributed by atoms with Crippen molar-refractivity contribution in [2.24, 2.45) is 0 Å². The standard InChI is InChI=1S/C14H18N2O4/c17-13(12-3-1-2-8-20-12)16-11(14(18)19)9-10-4-6-15-7-5-10/h4-7,11-12H,1-3,8-9H2,(H,16,17)(H,18,19). The fourth-order valence-corrected chi connectivity index (χ4v) is 2.17. The minimum Gasteiger partial charge on any atom is -0.480 e. The van der Waals surface area contributed by atoms with Gasteiger partial charge in [0.2, 0.25) is 5.91 Å². The molecule has 0 spiro atoms. The summed E-state index contributed by atoms with van der Waals surface area (Å²) in [6.07, 6.45) is 5.43. The van der Waals surface area contributed by atoms with E-state index in [-0.39, 0.29) is 12.3 Å². The van der Waals surface area contributed by atoms with Crippen LogP contribution in [0.2, 0.25) is 0 Å². The van der Waals surface area contributed by atoms with Gasteiger partial charge in [0.25, 0.3) is 0 Å². The van der Waals surface area contributed by atoms with E-state index in [1.807, 2.05) is 0 Å². The van der Waals surface area contributed by atoms with Gasteiger partial charge in [-0.3, -0.25) is 9.78 Å².